The van der Waals surface area contributed by atoms with Crippen LogP contribution in [0.15, 0.2) is 48.5 Å². The van der Waals surface area contributed by atoms with Crippen LogP contribution < -0.4 is 10.6 Å². The summed E-state index contributed by atoms with van der Waals surface area (Å²) in [6, 6.07) is 13.2. The fourth-order valence-electron chi connectivity index (χ4n) is 2.27. The molecule has 0 aromatic heterocycles. The summed E-state index contributed by atoms with van der Waals surface area (Å²) in [6.45, 7) is 0. The zero-order valence-electron chi connectivity index (χ0n) is 10.0. The molecule has 2 aromatic rings. The fourth-order valence-corrected chi connectivity index (χ4v) is 2.27. The second kappa shape index (κ2) is 4.24. The van der Waals surface area contributed by atoms with E-state index in [0.29, 0.717) is 22.5 Å². The van der Waals surface area contributed by atoms with Crippen LogP contribution in [0.5, 0.6) is 0 Å². The van der Waals surface area contributed by atoms with Crippen molar-refractivity contribution >= 4 is 29.3 Å². The minimum atomic E-state index is -0.636. The number of carbonyl (C=O) groups is 1. The van der Waals surface area contributed by atoms with Gasteiger partial charge in [-0.05, 0) is 24.3 Å². The van der Waals surface area contributed by atoms with Gasteiger partial charge >= 0.3 is 6.03 Å². The molecule has 19 heavy (non-hydrogen) atoms. The Balaban J connectivity index is 2.36. The Labute approximate surface area is 109 Å². The smallest absolute Gasteiger partial charge is 0.323 e. The van der Waals surface area contributed by atoms with Crippen LogP contribution in [0.3, 0.4) is 0 Å². The van der Waals surface area contributed by atoms with E-state index >= 15 is 0 Å². The summed E-state index contributed by atoms with van der Waals surface area (Å²) in [4.78, 5) is 13.1. The number of amides is 2. The van der Waals surface area contributed by atoms with Crippen molar-refractivity contribution in [3.05, 3.63) is 59.7 Å². The lowest BCUT2D eigenvalue weighted by Gasteiger charge is -2.22. The first kappa shape index (κ1) is 11.5. The lowest BCUT2D eigenvalue weighted by molar-refractivity contribution is 0.256. The Morgan fingerprint density at radius 3 is 2.37 bits per heavy atom. The molecule has 0 saturated heterocycles. The highest BCUT2D eigenvalue weighted by Gasteiger charge is 2.24. The van der Waals surface area contributed by atoms with Gasteiger partial charge in [-0.25, -0.2) is 9.18 Å². The van der Waals surface area contributed by atoms with Gasteiger partial charge in [-0.1, -0.05) is 30.3 Å². The molecule has 94 valence electrons. The third-order valence-electron chi connectivity index (χ3n) is 3.08. The van der Waals surface area contributed by atoms with Crippen molar-refractivity contribution in [1.82, 2.24) is 0 Å². The first-order valence-corrected chi connectivity index (χ1v) is 5.83. The van der Waals surface area contributed by atoms with Crippen LogP contribution in [0.25, 0.3) is 11.9 Å². The van der Waals surface area contributed by atoms with Gasteiger partial charge < -0.3 is 5.73 Å². The zero-order valence-corrected chi connectivity index (χ0v) is 10.0. The number of anilines is 2. The van der Waals surface area contributed by atoms with E-state index in [1.165, 1.54) is 11.0 Å². The van der Waals surface area contributed by atoms with E-state index in [0.717, 1.165) is 0 Å². The average Bonchev–Trinajstić information content (AvgIpc) is 2.53. The van der Waals surface area contributed by atoms with E-state index in [-0.39, 0.29) is 5.83 Å². The maximum absolute atomic E-state index is 14.2. The number of fused-ring (bicyclic) bond motifs is 2. The molecule has 0 atom stereocenters. The Kier molecular flexibility index (Phi) is 2.56. The van der Waals surface area contributed by atoms with Gasteiger partial charge in [0.05, 0.1) is 11.4 Å². The van der Waals surface area contributed by atoms with Crippen LogP contribution in [0.4, 0.5) is 20.6 Å². The number of rotatable bonds is 0. The van der Waals surface area contributed by atoms with Gasteiger partial charge in [0, 0.05) is 11.1 Å². The molecule has 1 aliphatic heterocycles. The van der Waals surface area contributed by atoms with Gasteiger partial charge in [0.15, 0.2) is 0 Å². The van der Waals surface area contributed by atoms with Crippen LogP contribution in [0, 0.1) is 0 Å². The predicted molar refractivity (Wildman–Crippen MR) is 73.6 cm³/mol. The third-order valence-corrected chi connectivity index (χ3v) is 3.08. The topological polar surface area (TPSA) is 46.3 Å². The SMILES string of the molecule is NC(=O)N1c2ccccc2C=C(F)c2ccccc21. The Morgan fingerprint density at radius 1 is 1.00 bits per heavy atom. The summed E-state index contributed by atoms with van der Waals surface area (Å²) < 4.78 is 14.2. The quantitative estimate of drug-likeness (QED) is 0.765. The molecule has 0 fully saturated rings. The second-order valence-electron chi connectivity index (χ2n) is 4.24. The summed E-state index contributed by atoms with van der Waals surface area (Å²) in [6.07, 6.45) is 1.41. The normalized spacial score (nSPS) is 13.1. The van der Waals surface area contributed by atoms with Gasteiger partial charge in [-0.2, -0.15) is 0 Å². The molecule has 2 aromatic carbocycles. The standard InChI is InChI=1S/C15H11FN2O/c16-12-9-10-5-1-3-7-13(10)18(15(17)19)14-8-4-2-6-11(12)14/h1-9H,(H2,17,19). The monoisotopic (exact) mass is 254 g/mol. The van der Waals surface area contributed by atoms with E-state index in [1.54, 1.807) is 48.5 Å². The van der Waals surface area contributed by atoms with Gasteiger partial charge in [0.2, 0.25) is 0 Å². The summed E-state index contributed by atoms with van der Waals surface area (Å²) in [5.74, 6) is -0.383. The number of benzene rings is 2. The first-order chi connectivity index (χ1) is 9.18. The highest BCUT2D eigenvalue weighted by Crippen LogP contribution is 2.39. The number of primary amides is 1. The molecule has 2 amide bonds. The molecule has 3 nitrogen and oxygen atoms in total. The third kappa shape index (κ3) is 1.78. The molecule has 0 bridgehead atoms. The summed E-state index contributed by atoms with van der Waals surface area (Å²) in [5.41, 5.74) is 7.46. The Morgan fingerprint density at radius 2 is 1.63 bits per heavy atom. The highest BCUT2D eigenvalue weighted by atomic mass is 19.1. The number of nitrogens with two attached hydrogens (primary N) is 1. The number of nitrogens with zero attached hydrogens (tertiary/aromatic N) is 1. The number of para-hydroxylation sites is 2. The maximum atomic E-state index is 14.2. The Hall–Kier alpha value is -2.62. The van der Waals surface area contributed by atoms with Gasteiger partial charge in [0.1, 0.15) is 5.83 Å². The fraction of sp³-hybridized carbons (Fsp3) is 0. The van der Waals surface area contributed by atoms with E-state index in [4.69, 9.17) is 5.73 Å². The molecule has 0 aliphatic carbocycles. The largest absolute Gasteiger partial charge is 0.351 e. The van der Waals surface area contributed by atoms with Crippen molar-refractivity contribution in [2.75, 3.05) is 4.90 Å². The maximum Gasteiger partial charge on any atom is 0.323 e. The van der Waals surface area contributed by atoms with E-state index in [9.17, 15) is 9.18 Å². The molecule has 0 spiro atoms. The molecule has 0 saturated carbocycles. The summed E-state index contributed by atoms with van der Waals surface area (Å²) in [7, 11) is 0. The molecular formula is C15H11FN2O. The molecule has 2 N–H and O–H groups in total. The first-order valence-electron chi connectivity index (χ1n) is 5.83. The number of hydrogen-bond donors (Lipinski definition) is 1. The van der Waals surface area contributed by atoms with E-state index < -0.39 is 6.03 Å². The lowest BCUT2D eigenvalue weighted by atomic mass is 10.1. The summed E-state index contributed by atoms with van der Waals surface area (Å²) in [5, 5.41) is 0. The molecule has 0 radical (unpaired) electrons. The lowest BCUT2D eigenvalue weighted by Crippen LogP contribution is -2.32. The number of urea groups is 1. The van der Waals surface area contributed by atoms with Gasteiger partial charge in [-0.3, -0.25) is 4.90 Å². The van der Waals surface area contributed by atoms with E-state index in [2.05, 4.69) is 0 Å². The highest BCUT2D eigenvalue weighted by molar-refractivity contribution is 6.06. The predicted octanol–water partition coefficient (Wildman–Crippen LogP) is 3.68. The second-order valence-corrected chi connectivity index (χ2v) is 4.24. The van der Waals surface area contributed by atoms with Crippen LogP contribution in [-0.2, 0) is 0 Å². The Bertz CT molecular complexity index is 694. The molecule has 0 unspecified atom stereocenters. The van der Waals surface area contributed by atoms with Crippen molar-refractivity contribution in [2.45, 2.75) is 0 Å². The molecule has 3 rings (SSSR count). The minimum absolute atomic E-state index is 0.359. The summed E-state index contributed by atoms with van der Waals surface area (Å²) >= 11 is 0. The van der Waals surface area contributed by atoms with Crippen molar-refractivity contribution in [3.8, 4) is 0 Å². The van der Waals surface area contributed by atoms with Crippen molar-refractivity contribution in [2.24, 2.45) is 5.73 Å². The van der Waals surface area contributed by atoms with Crippen LogP contribution in [0.2, 0.25) is 0 Å². The van der Waals surface area contributed by atoms with Crippen molar-refractivity contribution in [3.63, 3.8) is 0 Å². The van der Waals surface area contributed by atoms with Crippen molar-refractivity contribution < 1.29 is 9.18 Å². The van der Waals surface area contributed by atoms with Crippen LogP contribution in [0.1, 0.15) is 11.1 Å². The molecule has 1 aliphatic rings. The van der Waals surface area contributed by atoms with Crippen LogP contribution >= 0.6 is 0 Å². The van der Waals surface area contributed by atoms with E-state index in [1.807, 2.05) is 0 Å². The number of halogens is 1. The minimum Gasteiger partial charge on any atom is -0.351 e. The molecule has 1 heterocycles. The molecular weight excluding hydrogens is 243 g/mol. The number of hydrogen-bond acceptors (Lipinski definition) is 1. The zero-order chi connectivity index (χ0) is 13.4. The van der Waals surface area contributed by atoms with Gasteiger partial charge in [-0.15, -0.1) is 0 Å². The number of carbonyl (C=O) groups excluding carboxylic acids is 1. The van der Waals surface area contributed by atoms with Crippen LogP contribution in [-0.4, -0.2) is 6.03 Å². The average molecular weight is 254 g/mol. The molecule has 4 heteroatoms. The van der Waals surface area contributed by atoms with Gasteiger partial charge in [0.25, 0.3) is 0 Å². The van der Waals surface area contributed by atoms with Crippen molar-refractivity contribution in [1.29, 1.82) is 0 Å².